The fourth-order valence-electron chi connectivity index (χ4n) is 2.86. The molecule has 0 saturated heterocycles. The maximum Gasteiger partial charge on any atom is 0.259 e. The predicted molar refractivity (Wildman–Crippen MR) is 74.9 cm³/mol. The third-order valence-corrected chi connectivity index (χ3v) is 4.02. The summed E-state index contributed by atoms with van der Waals surface area (Å²) in [5.41, 5.74) is 0.318. The topological polar surface area (TPSA) is 62.7 Å². The highest BCUT2D eigenvalue weighted by molar-refractivity contribution is 5.63. The molecular formula is C16H16FN3O. The average Bonchev–Trinajstić information content (AvgIpc) is 2.82. The number of halogens is 1. The molecular weight excluding hydrogens is 269 g/mol. The molecule has 4 nitrogen and oxygen atoms in total. The third-order valence-electron chi connectivity index (χ3n) is 4.02. The van der Waals surface area contributed by atoms with E-state index >= 15 is 0 Å². The molecule has 1 aromatic carbocycles. The lowest BCUT2D eigenvalue weighted by Gasteiger charge is -2.07. The summed E-state index contributed by atoms with van der Waals surface area (Å²) < 4.78 is 18.9. The van der Waals surface area contributed by atoms with Crippen LogP contribution in [0.5, 0.6) is 0 Å². The third kappa shape index (κ3) is 2.80. The van der Waals surface area contributed by atoms with E-state index in [9.17, 15) is 4.39 Å². The molecule has 1 aromatic heterocycles. The number of nitrogens with zero attached hydrogens (tertiary/aromatic N) is 3. The molecule has 21 heavy (non-hydrogen) atoms. The quantitative estimate of drug-likeness (QED) is 0.776. The molecule has 2 aromatic rings. The van der Waals surface area contributed by atoms with E-state index in [1.165, 1.54) is 31.7 Å². The predicted octanol–water partition coefficient (Wildman–Crippen LogP) is 4.19. The molecule has 0 atom stereocenters. The van der Waals surface area contributed by atoms with Gasteiger partial charge in [0, 0.05) is 5.92 Å². The minimum Gasteiger partial charge on any atom is -0.334 e. The van der Waals surface area contributed by atoms with Crippen molar-refractivity contribution in [3.05, 3.63) is 35.4 Å². The molecule has 1 heterocycles. The standard InChI is InChI=1S/C16H16FN3O/c17-14-9-5-8-12(13(14)10-18)16-19-15(20-21-16)11-6-3-1-2-4-7-11/h5,8-9,11H,1-4,6-7H2. The molecule has 0 N–H and O–H groups in total. The highest BCUT2D eigenvalue weighted by atomic mass is 19.1. The summed E-state index contributed by atoms with van der Waals surface area (Å²) >= 11 is 0. The highest BCUT2D eigenvalue weighted by Gasteiger charge is 2.22. The minimum atomic E-state index is -0.566. The molecule has 1 aliphatic rings. The van der Waals surface area contributed by atoms with Gasteiger partial charge in [-0.1, -0.05) is 36.9 Å². The first-order chi connectivity index (χ1) is 10.3. The zero-order valence-electron chi connectivity index (χ0n) is 11.7. The Morgan fingerprint density at radius 3 is 2.67 bits per heavy atom. The first-order valence-corrected chi connectivity index (χ1v) is 7.32. The fraction of sp³-hybridized carbons (Fsp3) is 0.438. The number of benzene rings is 1. The van der Waals surface area contributed by atoms with Crippen LogP contribution in [0.1, 0.15) is 55.8 Å². The van der Waals surface area contributed by atoms with Crippen LogP contribution in [0.4, 0.5) is 4.39 Å². The van der Waals surface area contributed by atoms with Crippen molar-refractivity contribution in [1.82, 2.24) is 10.1 Å². The monoisotopic (exact) mass is 285 g/mol. The zero-order chi connectivity index (χ0) is 14.7. The van der Waals surface area contributed by atoms with Crippen LogP contribution >= 0.6 is 0 Å². The zero-order valence-corrected chi connectivity index (χ0v) is 11.7. The van der Waals surface area contributed by atoms with Gasteiger partial charge in [-0.15, -0.1) is 0 Å². The molecule has 1 fully saturated rings. The number of rotatable bonds is 2. The van der Waals surface area contributed by atoms with Crippen molar-refractivity contribution in [3.63, 3.8) is 0 Å². The maximum absolute atomic E-state index is 13.6. The Balaban J connectivity index is 1.92. The summed E-state index contributed by atoms with van der Waals surface area (Å²) in [5.74, 6) is 0.652. The Morgan fingerprint density at radius 1 is 1.19 bits per heavy atom. The van der Waals surface area contributed by atoms with E-state index < -0.39 is 5.82 Å². The van der Waals surface area contributed by atoms with Gasteiger partial charge in [0.05, 0.1) is 5.56 Å². The summed E-state index contributed by atoms with van der Waals surface area (Å²) in [6.45, 7) is 0. The van der Waals surface area contributed by atoms with Crippen molar-refractivity contribution >= 4 is 0 Å². The molecule has 0 spiro atoms. The first kappa shape index (κ1) is 13.7. The fourth-order valence-corrected chi connectivity index (χ4v) is 2.86. The van der Waals surface area contributed by atoms with Gasteiger partial charge in [0.1, 0.15) is 17.4 Å². The summed E-state index contributed by atoms with van der Waals surface area (Å²) in [4.78, 5) is 4.40. The Labute approximate surface area is 122 Å². The van der Waals surface area contributed by atoms with Crippen molar-refractivity contribution in [3.8, 4) is 17.5 Å². The average molecular weight is 285 g/mol. The van der Waals surface area contributed by atoms with Crippen LogP contribution in [0.3, 0.4) is 0 Å². The van der Waals surface area contributed by atoms with Crippen LogP contribution in [-0.2, 0) is 0 Å². The Kier molecular flexibility index (Phi) is 3.96. The van der Waals surface area contributed by atoms with E-state index in [0.29, 0.717) is 17.3 Å². The van der Waals surface area contributed by atoms with Gasteiger partial charge in [-0.25, -0.2) is 4.39 Å². The van der Waals surface area contributed by atoms with E-state index in [4.69, 9.17) is 9.78 Å². The van der Waals surface area contributed by atoms with Gasteiger partial charge in [0.15, 0.2) is 5.82 Å². The lowest BCUT2D eigenvalue weighted by Crippen LogP contribution is -1.99. The lowest BCUT2D eigenvalue weighted by molar-refractivity contribution is 0.409. The lowest BCUT2D eigenvalue weighted by atomic mass is 10.00. The van der Waals surface area contributed by atoms with Crippen LogP contribution in [0.2, 0.25) is 0 Å². The molecule has 0 aliphatic heterocycles. The molecule has 1 aliphatic carbocycles. The van der Waals surface area contributed by atoms with Crippen LogP contribution < -0.4 is 0 Å². The molecule has 0 amide bonds. The van der Waals surface area contributed by atoms with Gasteiger partial charge in [0.25, 0.3) is 5.89 Å². The van der Waals surface area contributed by atoms with Gasteiger partial charge in [-0.2, -0.15) is 10.2 Å². The maximum atomic E-state index is 13.6. The summed E-state index contributed by atoms with van der Waals surface area (Å²) in [7, 11) is 0. The van der Waals surface area contributed by atoms with Gasteiger partial charge in [0.2, 0.25) is 0 Å². The Hall–Kier alpha value is -2.22. The minimum absolute atomic E-state index is 0.0476. The van der Waals surface area contributed by atoms with Crippen LogP contribution in [-0.4, -0.2) is 10.1 Å². The Bertz CT molecular complexity index is 666. The van der Waals surface area contributed by atoms with E-state index in [1.54, 1.807) is 12.1 Å². The number of hydrogen-bond acceptors (Lipinski definition) is 4. The smallest absolute Gasteiger partial charge is 0.259 e. The van der Waals surface area contributed by atoms with Gasteiger partial charge in [-0.05, 0) is 25.0 Å². The van der Waals surface area contributed by atoms with E-state index in [1.807, 2.05) is 6.07 Å². The second kappa shape index (κ2) is 6.04. The summed E-state index contributed by atoms with van der Waals surface area (Å²) in [6.07, 6.45) is 6.99. The molecule has 3 rings (SSSR count). The van der Waals surface area contributed by atoms with Gasteiger partial charge >= 0.3 is 0 Å². The first-order valence-electron chi connectivity index (χ1n) is 7.32. The van der Waals surface area contributed by atoms with Crippen molar-refractivity contribution in [2.45, 2.75) is 44.4 Å². The summed E-state index contributed by atoms with van der Waals surface area (Å²) in [6, 6.07) is 6.29. The number of aromatic nitrogens is 2. The summed E-state index contributed by atoms with van der Waals surface area (Å²) in [5, 5.41) is 13.1. The van der Waals surface area contributed by atoms with Crippen molar-refractivity contribution in [1.29, 1.82) is 5.26 Å². The van der Waals surface area contributed by atoms with Crippen LogP contribution in [0.15, 0.2) is 22.7 Å². The van der Waals surface area contributed by atoms with Gasteiger partial charge < -0.3 is 4.52 Å². The van der Waals surface area contributed by atoms with Crippen molar-refractivity contribution in [2.24, 2.45) is 0 Å². The molecule has 0 bridgehead atoms. The normalized spacial score (nSPS) is 16.4. The Morgan fingerprint density at radius 2 is 1.95 bits per heavy atom. The second-order valence-corrected chi connectivity index (χ2v) is 5.42. The largest absolute Gasteiger partial charge is 0.334 e. The van der Waals surface area contributed by atoms with Crippen molar-refractivity contribution < 1.29 is 8.91 Å². The van der Waals surface area contributed by atoms with E-state index in [0.717, 1.165) is 12.8 Å². The second-order valence-electron chi connectivity index (χ2n) is 5.42. The van der Waals surface area contributed by atoms with E-state index in [-0.39, 0.29) is 11.5 Å². The number of nitriles is 1. The molecule has 1 saturated carbocycles. The van der Waals surface area contributed by atoms with Gasteiger partial charge in [-0.3, -0.25) is 0 Å². The highest BCUT2D eigenvalue weighted by Crippen LogP contribution is 2.32. The van der Waals surface area contributed by atoms with Crippen molar-refractivity contribution in [2.75, 3.05) is 0 Å². The molecule has 0 unspecified atom stereocenters. The molecule has 108 valence electrons. The van der Waals surface area contributed by atoms with Crippen LogP contribution in [0.25, 0.3) is 11.5 Å². The molecule has 0 radical (unpaired) electrons. The SMILES string of the molecule is N#Cc1c(F)cccc1-c1nc(C2CCCCCC2)no1. The van der Waals surface area contributed by atoms with E-state index in [2.05, 4.69) is 10.1 Å². The number of hydrogen-bond donors (Lipinski definition) is 0. The van der Waals surface area contributed by atoms with Crippen LogP contribution in [0, 0.1) is 17.1 Å². The molecule has 5 heteroatoms.